The van der Waals surface area contributed by atoms with Gasteiger partial charge in [-0.15, -0.1) is 0 Å². The van der Waals surface area contributed by atoms with Crippen molar-refractivity contribution in [3.8, 4) is 5.75 Å². The lowest BCUT2D eigenvalue weighted by Crippen LogP contribution is -2.20. The second-order valence-electron chi connectivity index (χ2n) is 5.72. The quantitative estimate of drug-likeness (QED) is 0.805. The minimum atomic E-state index is 0.194. The third kappa shape index (κ3) is 2.64. The van der Waals surface area contributed by atoms with Crippen LogP contribution in [0.5, 0.6) is 5.75 Å². The number of nitrogens with zero attached hydrogens (tertiary/aromatic N) is 1. The number of ketones is 1. The summed E-state index contributed by atoms with van der Waals surface area (Å²) < 4.78 is 5.51. The second kappa shape index (κ2) is 5.78. The molecule has 0 radical (unpaired) electrons. The Morgan fingerprint density at radius 3 is 2.68 bits per heavy atom. The van der Waals surface area contributed by atoms with Crippen LogP contribution in [-0.2, 0) is 13.1 Å². The van der Waals surface area contributed by atoms with Crippen LogP contribution in [0.4, 0.5) is 0 Å². The van der Waals surface area contributed by atoms with Gasteiger partial charge in [0.05, 0.1) is 4.90 Å². The van der Waals surface area contributed by atoms with Crippen LogP contribution in [0.2, 0.25) is 0 Å². The Labute approximate surface area is 134 Å². The summed E-state index contributed by atoms with van der Waals surface area (Å²) in [6.45, 7) is 2.71. The normalized spacial score (nSPS) is 16.2. The van der Waals surface area contributed by atoms with Gasteiger partial charge in [-0.2, -0.15) is 0 Å². The summed E-state index contributed by atoms with van der Waals surface area (Å²) in [6.07, 6.45) is 0.555. The highest BCUT2D eigenvalue weighted by Gasteiger charge is 2.20. The molecule has 0 aromatic heterocycles. The van der Waals surface area contributed by atoms with E-state index < -0.39 is 0 Å². The van der Waals surface area contributed by atoms with Gasteiger partial charge in [0, 0.05) is 31.6 Å². The summed E-state index contributed by atoms with van der Waals surface area (Å²) in [5.41, 5.74) is 3.54. The average Bonchev–Trinajstić information content (AvgIpc) is 3.17. The molecule has 22 heavy (non-hydrogen) atoms. The first kappa shape index (κ1) is 13.9. The smallest absolute Gasteiger partial charge is 0.164 e. The molecule has 2 aromatic rings. The molecule has 2 aliphatic rings. The fourth-order valence-electron chi connectivity index (χ4n) is 3.04. The van der Waals surface area contributed by atoms with E-state index in [2.05, 4.69) is 29.2 Å². The molecule has 0 spiro atoms. The van der Waals surface area contributed by atoms with E-state index in [1.54, 1.807) is 11.8 Å². The maximum Gasteiger partial charge on any atom is 0.164 e. The number of hydrogen-bond donors (Lipinski definition) is 0. The number of hydrogen-bond acceptors (Lipinski definition) is 4. The van der Waals surface area contributed by atoms with E-state index >= 15 is 0 Å². The standard InChI is InChI=1S/C18H17NO2S/c20-16(13-5-6-18-17(9-13)21-12-22-18)7-8-19-10-14-3-1-2-4-15(14)11-19/h1-6,9H,7-8,10-12H2. The molecule has 0 saturated carbocycles. The summed E-state index contributed by atoms with van der Waals surface area (Å²) in [4.78, 5) is 15.9. The van der Waals surface area contributed by atoms with Crippen LogP contribution in [0, 0.1) is 0 Å². The van der Waals surface area contributed by atoms with Gasteiger partial charge < -0.3 is 4.74 Å². The van der Waals surface area contributed by atoms with Crippen molar-refractivity contribution in [2.24, 2.45) is 0 Å². The third-order valence-corrected chi connectivity index (χ3v) is 5.14. The molecule has 2 aliphatic heterocycles. The van der Waals surface area contributed by atoms with Crippen molar-refractivity contribution in [3.63, 3.8) is 0 Å². The van der Waals surface area contributed by atoms with Crippen LogP contribution in [0.15, 0.2) is 47.4 Å². The zero-order chi connectivity index (χ0) is 14.9. The van der Waals surface area contributed by atoms with Gasteiger partial charge in [-0.05, 0) is 23.3 Å². The van der Waals surface area contributed by atoms with Gasteiger partial charge in [0.2, 0.25) is 0 Å². The van der Waals surface area contributed by atoms with Gasteiger partial charge in [0.1, 0.15) is 11.7 Å². The molecule has 0 amide bonds. The van der Waals surface area contributed by atoms with Gasteiger partial charge in [-0.25, -0.2) is 0 Å². The van der Waals surface area contributed by atoms with Crippen molar-refractivity contribution in [1.29, 1.82) is 0 Å². The predicted octanol–water partition coefficient (Wildman–Crippen LogP) is 3.72. The van der Waals surface area contributed by atoms with Crippen molar-refractivity contribution in [3.05, 3.63) is 59.2 Å². The molecule has 0 bridgehead atoms. The molecule has 0 atom stereocenters. The summed E-state index contributed by atoms with van der Waals surface area (Å²) in [7, 11) is 0. The Morgan fingerprint density at radius 1 is 1.14 bits per heavy atom. The molecule has 2 aromatic carbocycles. The molecule has 0 fully saturated rings. The van der Waals surface area contributed by atoms with Gasteiger partial charge in [0.15, 0.2) is 5.78 Å². The van der Waals surface area contributed by atoms with Gasteiger partial charge in [-0.1, -0.05) is 42.1 Å². The predicted molar refractivity (Wildman–Crippen MR) is 87.3 cm³/mol. The van der Waals surface area contributed by atoms with E-state index in [0.717, 1.165) is 35.8 Å². The zero-order valence-electron chi connectivity index (χ0n) is 12.2. The highest BCUT2D eigenvalue weighted by atomic mass is 32.2. The van der Waals surface area contributed by atoms with E-state index in [1.807, 2.05) is 18.2 Å². The molecule has 0 saturated heterocycles. The Hall–Kier alpha value is -1.78. The summed E-state index contributed by atoms with van der Waals surface area (Å²) in [5.74, 6) is 1.70. The van der Waals surface area contributed by atoms with E-state index in [0.29, 0.717) is 12.4 Å². The maximum absolute atomic E-state index is 12.4. The number of carbonyl (C=O) groups is 1. The fraction of sp³-hybridized carbons (Fsp3) is 0.278. The van der Waals surface area contributed by atoms with E-state index in [9.17, 15) is 4.79 Å². The Kier molecular flexibility index (Phi) is 3.64. The molecule has 0 aliphatic carbocycles. The number of fused-ring (bicyclic) bond motifs is 2. The topological polar surface area (TPSA) is 29.5 Å². The van der Waals surface area contributed by atoms with Crippen LogP contribution < -0.4 is 4.74 Å². The average molecular weight is 311 g/mol. The van der Waals surface area contributed by atoms with Gasteiger partial charge >= 0.3 is 0 Å². The lowest BCUT2D eigenvalue weighted by atomic mass is 10.1. The van der Waals surface area contributed by atoms with Crippen molar-refractivity contribution >= 4 is 17.5 Å². The Balaban J connectivity index is 1.37. The SMILES string of the molecule is O=C(CCN1Cc2ccccc2C1)c1ccc2c(c1)OCS2. The lowest BCUT2D eigenvalue weighted by Gasteiger charge is -2.14. The van der Waals surface area contributed by atoms with E-state index in [4.69, 9.17) is 4.74 Å². The first-order chi connectivity index (χ1) is 10.8. The molecule has 0 unspecified atom stereocenters. The van der Waals surface area contributed by atoms with E-state index in [1.165, 1.54) is 11.1 Å². The summed E-state index contributed by atoms with van der Waals surface area (Å²) >= 11 is 1.67. The monoisotopic (exact) mass is 311 g/mol. The minimum absolute atomic E-state index is 0.194. The molecule has 4 heteroatoms. The lowest BCUT2D eigenvalue weighted by molar-refractivity contribution is 0.0963. The Morgan fingerprint density at radius 2 is 1.91 bits per heavy atom. The van der Waals surface area contributed by atoms with Crippen LogP contribution in [0.3, 0.4) is 0 Å². The molecule has 4 rings (SSSR count). The maximum atomic E-state index is 12.4. The molecule has 112 valence electrons. The number of rotatable bonds is 4. The molecular weight excluding hydrogens is 294 g/mol. The van der Waals surface area contributed by atoms with E-state index in [-0.39, 0.29) is 5.78 Å². The minimum Gasteiger partial charge on any atom is -0.481 e. The molecule has 3 nitrogen and oxygen atoms in total. The van der Waals surface area contributed by atoms with Gasteiger partial charge in [-0.3, -0.25) is 9.69 Å². The Bertz CT molecular complexity index is 704. The molecular formula is C18H17NO2S. The van der Waals surface area contributed by atoms with Crippen LogP contribution in [0.1, 0.15) is 27.9 Å². The van der Waals surface area contributed by atoms with Crippen molar-refractivity contribution < 1.29 is 9.53 Å². The zero-order valence-corrected chi connectivity index (χ0v) is 13.1. The molecule has 0 N–H and O–H groups in total. The first-order valence-electron chi connectivity index (χ1n) is 7.51. The highest BCUT2D eigenvalue weighted by molar-refractivity contribution is 7.99. The highest BCUT2D eigenvalue weighted by Crippen LogP contribution is 2.36. The fourth-order valence-corrected chi connectivity index (χ4v) is 3.77. The number of Topliss-reactive ketones (excluding diaryl/α,β-unsaturated/α-hetero) is 1. The van der Waals surface area contributed by atoms with Crippen molar-refractivity contribution in [2.45, 2.75) is 24.4 Å². The first-order valence-corrected chi connectivity index (χ1v) is 8.50. The van der Waals surface area contributed by atoms with Crippen molar-refractivity contribution in [1.82, 2.24) is 4.90 Å². The largest absolute Gasteiger partial charge is 0.481 e. The summed E-state index contributed by atoms with van der Waals surface area (Å²) in [6, 6.07) is 14.3. The van der Waals surface area contributed by atoms with Crippen molar-refractivity contribution in [2.75, 3.05) is 12.5 Å². The van der Waals surface area contributed by atoms with Crippen LogP contribution >= 0.6 is 11.8 Å². The van der Waals surface area contributed by atoms with Gasteiger partial charge in [0.25, 0.3) is 0 Å². The number of benzene rings is 2. The molecule has 2 heterocycles. The van der Waals surface area contributed by atoms with Crippen LogP contribution in [-0.4, -0.2) is 23.2 Å². The number of carbonyl (C=O) groups excluding carboxylic acids is 1. The third-order valence-electron chi connectivity index (χ3n) is 4.26. The summed E-state index contributed by atoms with van der Waals surface area (Å²) in [5, 5.41) is 0. The second-order valence-corrected chi connectivity index (χ2v) is 6.68. The van der Waals surface area contributed by atoms with Crippen LogP contribution in [0.25, 0.3) is 0 Å². The number of thioether (sulfide) groups is 1. The number of ether oxygens (including phenoxy) is 1.